The second-order valence-electron chi connectivity index (χ2n) is 6.39. The smallest absolute Gasteiger partial charge is 0.338 e. The average molecular weight is 369 g/mol. The van der Waals surface area contributed by atoms with Crippen molar-refractivity contribution in [1.82, 2.24) is 5.32 Å². The zero-order valence-corrected chi connectivity index (χ0v) is 15.5. The molecule has 0 aromatic heterocycles. The monoisotopic (exact) mass is 369 g/mol. The Hall–Kier alpha value is -3.02. The minimum Gasteiger partial charge on any atom is -0.497 e. The number of nitrogens with one attached hydrogen (secondary N) is 1. The van der Waals surface area contributed by atoms with Gasteiger partial charge >= 0.3 is 5.97 Å². The van der Waals surface area contributed by atoms with Gasteiger partial charge in [0, 0.05) is 6.07 Å². The summed E-state index contributed by atoms with van der Waals surface area (Å²) in [6.07, 6.45) is 2.92. The molecule has 1 amide bonds. The van der Waals surface area contributed by atoms with Crippen molar-refractivity contribution < 1.29 is 23.8 Å². The van der Waals surface area contributed by atoms with Crippen LogP contribution in [0.15, 0.2) is 42.5 Å². The molecule has 1 aliphatic carbocycles. The average Bonchev–Trinajstić information content (AvgIpc) is 2.71. The molecule has 3 rings (SSSR count). The summed E-state index contributed by atoms with van der Waals surface area (Å²) in [7, 11) is 3.00. The Bertz CT molecular complexity index is 811. The molecule has 27 heavy (non-hydrogen) atoms. The first-order chi connectivity index (χ1) is 13.1. The normalized spacial score (nSPS) is 15.4. The van der Waals surface area contributed by atoms with Gasteiger partial charge in [-0.3, -0.25) is 4.79 Å². The first-order valence-electron chi connectivity index (χ1n) is 8.88. The lowest BCUT2D eigenvalue weighted by Gasteiger charge is -2.26. The van der Waals surface area contributed by atoms with E-state index < -0.39 is 5.97 Å². The molecule has 0 saturated heterocycles. The van der Waals surface area contributed by atoms with E-state index in [1.165, 1.54) is 19.8 Å². The van der Waals surface area contributed by atoms with E-state index in [9.17, 15) is 9.59 Å². The molecular formula is C21H23NO5. The molecule has 1 N–H and O–H groups in total. The minimum absolute atomic E-state index is 0.0435. The van der Waals surface area contributed by atoms with E-state index >= 15 is 0 Å². The summed E-state index contributed by atoms with van der Waals surface area (Å²) in [5.74, 6) is 0.0282. The van der Waals surface area contributed by atoms with Crippen molar-refractivity contribution in [3.05, 3.63) is 59.2 Å². The Kier molecular flexibility index (Phi) is 5.96. The summed E-state index contributed by atoms with van der Waals surface area (Å²) in [5.41, 5.74) is 2.66. The third-order valence-corrected chi connectivity index (χ3v) is 4.63. The minimum atomic E-state index is -0.605. The second kappa shape index (κ2) is 8.58. The van der Waals surface area contributed by atoms with Crippen LogP contribution in [0.25, 0.3) is 0 Å². The number of hydrogen-bond donors (Lipinski definition) is 1. The largest absolute Gasteiger partial charge is 0.497 e. The number of fused-ring (bicyclic) bond motifs is 1. The number of rotatable bonds is 6. The summed E-state index contributed by atoms with van der Waals surface area (Å²) in [6, 6.07) is 12.8. The van der Waals surface area contributed by atoms with Gasteiger partial charge in [-0.1, -0.05) is 24.3 Å². The molecule has 2 aromatic rings. The molecule has 0 bridgehead atoms. The fourth-order valence-corrected chi connectivity index (χ4v) is 3.28. The quantitative estimate of drug-likeness (QED) is 0.792. The number of carbonyl (C=O) groups excluding carboxylic acids is 2. The molecule has 0 fully saturated rings. The Balaban J connectivity index is 1.59. The number of carbonyl (C=O) groups is 2. The second-order valence-corrected chi connectivity index (χ2v) is 6.39. The maximum Gasteiger partial charge on any atom is 0.338 e. The molecule has 1 aliphatic rings. The summed E-state index contributed by atoms with van der Waals surface area (Å²) in [5, 5.41) is 2.96. The van der Waals surface area contributed by atoms with Crippen LogP contribution < -0.4 is 14.8 Å². The van der Waals surface area contributed by atoms with E-state index in [-0.39, 0.29) is 24.1 Å². The van der Waals surface area contributed by atoms with E-state index in [1.807, 2.05) is 18.2 Å². The van der Waals surface area contributed by atoms with Crippen LogP contribution in [-0.2, 0) is 16.0 Å². The topological polar surface area (TPSA) is 73.9 Å². The van der Waals surface area contributed by atoms with Gasteiger partial charge in [-0.2, -0.15) is 0 Å². The van der Waals surface area contributed by atoms with E-state index in [0.717, 1.165) is 24.8 Å². The van der Waals surface area contributed by atoms with Crippen molar-refractivity contribution in [2.45, 2.75) is 25.3 Å². The Morgan fingerprint density at radius 3 is 2.48 bits per heavy atom. The van der Waals surface area contributed by atoms with Gasteiger partial charge in [-0.15, -0.1) is 0 Å². The van der Waals surface area contributed by atoms with Gasteiger partial charge < -0.3 is 19.5 Å². The molecule has 6 nitrogen and oxygen atoms in total. The van der Waals surface area contributed by atoms with Crippen LogP contribution in [0.3, 0.4) is 0 Å². The van der Waals surface area contributed by atoms with Crippen molar-refractivity contribution in [1.29, 1.82) is 0 Å². The van der Waals surface area contributed by atoms with Crippen molar-refractivity contribution >= 4 is 11.9 Å². The zero-order chi connectivity index (χ0) is 19.2. The van der Waals surface area contributed by atoms with Crippen molar-refractivity contribution in [2.75, 3.05) is 20.8 Å². The molecule has 0 heterocycles. The number of hydrogen-bond acceptors (Lipinski definition) is 5. The summed E-state index contributed by atoms with van der Waals surface area (Å²) in [6.45, 7) is -0.336. The lowest BCUT2D eigenvalue weighted by atomic mass is 9.88. The van der Waals surface area contributed by atoms with Crippen LogP contribution >= 0.6 is 0 Å². The third kappa shape index (κ3) is 4.58. The van der Waals surface area contributed by atoms with Gasteiger partial charge in [0.2, 0.25) is 0 Å². The number of aryl methyl sites for hydroxylation is 1. The predicted octanol–water partition coefficient (Wildman–Crippen LogP) is 3.05. The first kappa shape index (κ1) is 18.8. The highest BCUT2D eigenvalue weighted by Gasteiger charge is 2.22. The molecular weight excluding hydrogens is 346 g/mol. The van der Waals surface area contributed by atoms with Gasteiger partial charge in [0.1, 0.15) is 11.5 Å². The van der Waals surface area contributed by atoms with Gasteiger partial charge in [0.15, 0.2) is 6.61 Å². The Morgan fingerprint density at radius 1 is 1.07 bits per heavy atom. The molecule has 6 heteroatoms. The third-order valence-electron chi connectivity index (χ3n) is 4.63. The number of ether oxygens (including phenoxy) is 3. The number of methoxy groups -OCH3 is 2. The molecule has 0 aliphatic heterocycles. The van der Waals surface area contributed by atoms with Crippen molar-refractivity contribution in [3.8, 4) is 11.5 Å². The molecule has 2 aromatic carbocycles. The summed E-state index contributed by atoms with van der Waals surface area (Å²) < 4.78 is 15.4. The van der Waals surface area contributed by atoms with Crippen LogP contribution in [0.5, 0.6) is 11.5 Å². The standard InChI is InChI=1S/C21H23NO5/c1-25-16-10-15(11-17(12-16)26-2)21(24)27-13-20(23)22-19-9-5-7-14-6-3-4-8-18(14)19/h3-4,6,8,10-12,19H,5,7,9,13H2,1-2H3,(H,22,23)/t19-/m0/s1. The molecule has 0 radical (unpaired) electrons. The van der Waals surface area contributed by atoms with Gasteiger partial charge in [0.25, 0.3) is 5.91 Å². The van der Waals surface area contributed by atoms with Gasteiger partial charge in [-0.25, -0.2) is 4.79 Å². The highest BCUT2D eigenvalue weighted by Crippen LogP contribution is 2.29. The van der Waals surface area contributed by atoms with E-state index in [1.54, 1.807) is 18.2 Å². The fourth-order valence-electron chi connectivity index (χ4n) is 3.28. The van der Waals surface area contributed by atoms with Crippen molar-refractivity contribution in [2.24, 2.45) is 0 Å². The molecule has 0 unspecified atom stereocenters. The van der Waals surface area contributed by atoms with Crippen LogP contribution in [0.1, 0.15) is 40.4 Å². The molecule has 0 spiro atoms. The SMILES string of the molecule is COc1cc(OC)cc(C(=O)OCC(=O)N[C@H]2CCCc3ccccc32)c1. The zero-order valence-electron chi connectivity index (χ0n) is 15.5. The van der Waals surface area contributed by atoms with E-state index in [4.69, 9.17) is 14.2 Å². The van der Waals surface area contributed by atoms with E-state index in [0.29, 0.717) is 11.5 Å². The van der Waals surface area contributed by atoms with Gasteiger partial charge in [0.05, 0.1) is 25.8 Å². The predicted molar refractivity (Wildman–Crippen MR) is 100 cm³/mol. The fraction of sp³-hybridized carbons (Fsp3) is 0.333. The molecule has 1 atom stereocenters. The molecule has 142 valence electrons. The maximum absolute atomic E-state index is 12.3. The van der Waals surface area contributed by atoms with E-state index in [2.05, 4.69) is 11.4 Å². The van der Waals surface area contributed by atoms with Crippen LogP contribution in [0.4, 0.5) is 0 Å². The summed E-state index contributed by atoms with van der Waals surface area (Å²) in [4.78, 5) is 24.5. The lowest BCUT2D eigenvalue weighted by Crippen LogP contribution is -2.34. The lowest BCUT2D eigenvalue weighted by molar-refractivity contribution is -0.125. The summed E-state index contributed by atoms with van der Waals surface area (Å²) >= 11 is 0. The van der Waals surface area contributed by atoms with Crippen molar-refractivity contribution in [3.63, 3.8) is 0 Å². The van der Waals surface area contributed by atoms with Crippen LogP contribution in [0, 0.1) is 0 Å². The highest BCUT2D eigenvalue weighted by molar-refractivity contribution is 5.92. The number of amides is 1. The van der Waals surface area contributed by atoms with Gasteiger partial charge in [-0.05, 0) is 42.5 Å². The number of esters is 1. The van der Waals surface area contributed by atoms with Crippen LogP contribution in [-0.4, -0.2) is 32.7 Å². The first-order valence-corrected chi connectivity index (χ1v) is 8.88. The Morgan fingerprint density at radius 2 is 1.78 bits per heavy atom. The Labute approximate surface area is 158 Å². The molecule has 0 saturated carbocycles. The maximum atomic E-state index is 12.3. The van der Waals surface area contributed by atoms with Crippen LogP contribution in [0.2, 0.25) is 0 Å². The highest BCUT2D eigenvalue weighted by atomic mass is 16.5. The number of benzene rings is 2.